The molecule has 0 bridgehead atoms. The van der Waals surface area contributed by atoms with Crippen molar-refractivity contribution < 1.29 is 9.53 Å². The van der Waals surface area contributed by atoms with E-state index in [1.807, 2.05) is 30.3 Å². The fraction of sp³-hybridized carbons (Fsp3) is 0.375. The maximum atomic E-state index is 13.2. The molecular formula is C32H37N3O2. The summed E-state index contributed by atoms with van der Waals surface area (Å²) >= 11 is 0. The van der Waals surface area contributed by atoms with Gasteiger partial charge >= 0.3 is 0 Å². The van der Waals surface area contributed by atoms with E-state index in [9.17, 15) is 4.79 Å². The van der Waals surface area contributed by atoms with Gasteiger partial charge in [-0.25, -0.2) is 0 Å². The van der Waals surface area contributed by atoms with Crippen molar-refractivity contribution in [3.05, 3.63) is 95.9 Å². The third kappa shape index (κ3) is 6.22. The van der Waals surface area contributed by atoms with Gasteiger partial charge in [0.2, 0.25) is 5.91 Å². The predicted octanol–water partition coefficient (Wildman–Crippen LogP) is 6.51. The van der Waals surface area contributed by atoms with Crippen molar-refractivity contribution in [2.75, 3.05) is 13.7 Å². The van der Waals surface area contributed by atoms with Crippen LogP contribution in [-0.4, -0.2) is 29.1 Å². The highest BCUT2D eigenvalue weighted by atomic mass is 16.5. The summed E-state index contributed by atoms with van der Waals surface area (Å²) in [4.78, 5) is 17.6. The third-order valence-electron chi connectivity index (χ3n) is 7.78. The van der Waals surface area contributed by atoms with E-state index in [4.69, 9.17) is 4.74 Å². The van der Waals surface area contributed by atoms with Crippen LogP contribution in [0.1, 0.15) is 61.3 Å². The number of hydrogen-bond acceptors (Lipinski definition) is 3. The van der Waals surface area contributed by atoms with Crippen molar-refractivity contribution in [2.24, 2.45) is 5.92 Å². The number of hydrogen-bond donors (Lipinski definition) is 1. The topological polar surface area (TPSA) is 56.1 Å². The first-order valence-corrected chi connectivity index (χ1v) is 13.6. The van der Waals surface area contributed by atoms with E-state index < -0.39 is 0 Å². The Morgan fingerprint density at radius 1 is 1.03 bits per heavy atom. The average molecular weight is 496 g/mol. The van der Waals surface area contributed by atoms with Crippen LogP contribution in [0, 0.1) is 5.92 Å². The van der Waals surface area contributed by atoms with Gasteiger partial charge < -0.3 is 14.6 Å². The van der Waals surface area contributed by atoms with Crippen LogP contribution in [0.2, 0.25) is 0 Å². The van der Waals surface area contributed by atoms with E-state index in [1.165, 1.54) is 54.1 Å². The number of pyridine rings is 1. The molecule has 1 atom stereocenters. The second kappa shape index (κ2) is 12.1. The van der Waals surface area contributed by atoms with E-state index >= 15 is 0 Å². The van der Waals surface area contributed by atoms with Gasteiger partial charge in [-0.3, -0.25) is 9.78 Å². The molecule has 192 valence electrons. The lowest BCUT2D eigenvalue weighted by molar-refractivity contribution is -0.121. The van der Waals surface area contributed by atoms with E-state index in [2.05, 4.69) is 57.5 Å². The zero-order chi connectivity index (χ0) is 25.5. The molecule has 1 amide bonds. The first kappa shape index (κ1) is 25.1. The Morgan fingerprint density at radius 3 is 2.57 bits per heavy atom. The Morgan fingerprint density at radius 2 is 1.81 bits per heavy atom. The second-order valence-electron chi connectivity index (χ2n) is 10.2. The molecule has 4 aromatic rings. The zero-order valence-electron chi connectivity index (χ0n) is 21.7. The molecule has 1 N–H and O–H groups in total. The predicted molar refractivity (Wildman–Crippen MR) is 149 cm³/mol. The number of fused-ring (bicyclic) bond motifs is 1. The van der Waals surface area contributed by atoms with Gasteiger partial charge in [-0.05, 0) is 66.1 Å². The number of nitrogens with zero attached hydrogens (tertiary/aromatic N) is 2. The van der Waals surface area contributed by atoms with E-state index in [-0.39, 0.29) is 11.8 Å². The van der Waals surface area contributed by atoms with Crippen LogP contribution in [0.15, 0.2) is 79.1 Å². The van der Waals surface area contributed by atoms with Crippen molar-refractivity contribution in [3.63, 3.8) is 0 Å². The summed E-state index contributed by atoms with van der Waals surface area (Å²) in [5.41, 5.74) is 4.78. The van der Waals surface area contributed by atoms with Gasteiger partial charge in [-0.1, -0.05) is 55.7 Å². The van der Waals surface area contributed by atoms with Crippen molar-refractivity contribution in [2.45, 2.75) is 57.4 Å². The average Bonchev–Trinajstić information content (AvgIpc) is 3.31. The highest BCUT2D eigenvalue weighted by Crippen LogP contribution is 2.41. The van der Waals surface area contributed by atoms with E-state index in [0.717, 1.165) is 24.4 Å². The van der Waals surface area contributed by atoms with Crippen LogP contribution < -0.4 is 10.1 Å². The van der Waals surface area contributed by atoms with Crippen LogP contribution >= 0.6 is 0 Å². The van der Waals surface area contributed by atoms with Gasteiger partial charge in [0.25, 0.3) is 0 Å². The molecule has 0 radical (unpaired) electrons. The zero-order valence-corrected chi connectivity index (χ0v) is 21.7. The molecule has 0 aliphatic heterocycles. The summed E-state index contributed by atoms with van der Waals surface area (Å²) in [5.74, 6) is 1.76. The van der Waals surface area contributed by atoms with Gasteiger partial charge in [0, 0.05) is 54.9 Å². The molecule has 1 aliphatic carbocycles. The smallest absolute Gasteiger partial charge is 0.220 e. The molecular weight excluding hydrogens is 458 g/mol. The normalized spacial score (nSPS) is 14.9. The quantitative estimate of drug-likeness (QED) is 0.273. The van der Waals surface area contributed by atoms with Gasteiger partial charge in [0.05, 0.1) is 7.11 Å². The van der Waals surface area contributed by atoms with Crippen LogP contribution in [0.5, 0.6) is 5.75 Å². The Labute approximate surface area is 219 Å². The van der Waals surface area contributed by atoms with Gasteiger partial charge in [0.1, 0.15) is 5.75 Å². The van der Waals surface area contributed by atoms with Crippen LogP contribution in [0.3, 0.4) is 0 Å². The number of nitrogens with one attached hydrogen (secondary N) is 1. The number of rotatable bonds is 10. The molecule has 1 saturated carbocycles. The van der Waals surface area contributed by atoms with Crippen LogP contribution in [-0.2, 0) is 17.8 Å². The third-order valence-corrected chi connectivity index (χ3v) is 7.78. The number of amides is 1. The Hall–Kier alpha value is -3.60. The molecule has 2 heterocycles. The molecule has 0 saturated heterocycles. The lowest BCUT2D eigenvalue weighted by Gasteiger charge is -2.30. The molecule has 1 fully saturated rings. The standard InChI is InChI=1S/C32H37N3O2/c1-37-27-16-14-24(15-17-27)22-35-23-30(28-12-5-6-13-31(28)35)29(25-9-3-2-4-10-25)21-32(36)34-20-18-26-11-7-8-19-33-26/h5-8,11-17,19,23,25,29H,2-4,9-10,18,20-22H2,1H3,(H,34,36). The maximum Gasteiger partial charge on any atom is 0.220 e. The lowest BCUT2D eigenvalue weighted by Crippen LogP contribution is -2.29. The van der Waals surface area contributed by atoms with Crippen molar-refractivity contribution in [1.82, 2.24) is 14.9 Å². The second-order valence-corrected chi connectivity index (χ2v) is 10.2. The van der Waals surface area contributed by atoms with Gasteiger partial charge in [-0.15, -0.1) is 0 Å². The minimum absolute atomic E-state index is 0.137. The molecule has 1 aliphatic rings. The Balaban J connectivity index is 1.38. The fourth-order valence-corrected chi connectivity index (χ4v) is 5.84. The molecule has 2 aromatic heterocycles. The lowest BCUT2D eigenvalue weighted by atomic mass is 9.75. The summed E-state index contributed by atoms with van der Waals surface area (Å²) in [6, 6.07) is 22.9. The SMILES string of the molecule is COc1ccc(Cn2cc(C(CC(=O)NCCc3ccccn3)C3CCCCC3)c3ccccc32)cc1. The summed E-state index contributed by atoms with van der Waals surface area (Å²) < 4.78 is 7.68. The number of benzene rings is 2. The number of aromatic nitrogens is 2. The molecule has 2 aromatic carbocycles. The van der Waals surface area contributed by atoms with Crippen molar-refractivity contribution in [1.29, 1.82) is 0 Å². The Kier molecular flexibility index (Phi) is 8.19. The van der Waals surface area contributed by atoms with Gasteiger partial charge in [0.15, 0.2) is 0 Å². The number of methoxy groups -OCH3 is 1. The highest BCUT2D eigenvalue weighted by Gasteiger charge is 2.29. The van der Waals surface area contributed by atoms with Crippen LogP contribution in [0.4, 0.5) is 0 Å². The summed E-state index contributed by atoms with van der Waals surface area (Å²) in [6.45, 7) is 1.41. The first-order chi connectivity index (χ1) is 18.2. The van der Waals surface area contributed by atoms with Crippen molar-refractivity contribution >= 4 is 16.8 Å². The van der Waals surface area contributed by atoms with E-state index in [1.54, 1.807) is 13.3 Å². The number of para-hydroxylation sites is 1. The monoisotopic (exact) mass is 495 g/mol. The fourth-order valence-electron chi connectivity index (χ4n) is 5.84. The Bertz CT molecular complexity index is 1290. The summed E-state index contributed by atoms with van der Waals surface area (Å²) in [5, 5.41) is 4.45. The largest absolute Gasteiger partial charge is 0.497 e. The minimum atomic E-state index is 0.137. The molecule has 5 nitrogen and oxygen atoms in total. The maximum absolute atomic E-state index is 13.2. The summed E-state index contributed by atoms with van der Waals surface area (Å²) in [6.07, 6.45) is 11.6. The van der Waals surface area contributed by atoms with Crippen molar-refractivity contribution in [3.8, 4) is 5.75 Å². The number of carbonyl (C=O) groups excluding carboxylic acids is 1. The molecule has 0 spiro atoms. The van der Waals surface area contributed by atoms with E-state index in [0.29, 0.717) is 18.9 Å². The van der Waals surface area contributed by atoms with Gasteiger partial charge in [-0.2, -0.15) is 0 Å². The van der Waals surface area contributed by atoms with Crippen LogP contribution in [0.25, 0.3) is 10.9 Å². The summed E-state index contributed by atoms with van der Waals surface area (Å²) in [7, 11) is 1.70. The molecule has 37 heavy (non-hydrogen) atoms. The number of ether oxygens (including phenoxy) is 1. The molecule has 5 rings (SSSR count). The number of carbonyl (C=O) groups is 1. The molecule has 1 unspecified atom stereocenters. The minimum Gasteiger partial charge on any atom is -0.497 e. The molecule has 5 heteroatoms. The highest BCUT2D eigenvalue weighted by molar-refractivity contribution is 5.86. The first-order valence-electron chi connectivity index (χ1n) is 13.6.